The Morgan fingerprint density at radius 2 is 1.03 bits per heavy atom. The summed E-state index contributed by atoms with van der Waals surface area (Å²) in [5.74, 6) is -5.13. The molecular formula is C20H32O9. The average Bonchev–Trinajstić information content (AvgIpc) is 2.68. The molecule has 1 rings (SSSR count). The monoisotopic (exact) mass is 416 g/mol. The minimum atomic E-state index is -2.32. The molecule has 0 heterocycles. The van der Waals surface area contributed by atoms with Gasteiger partial charge < -0.3 is 24.1 Å². The Hall–Kier alpha value is -2.16. The lowest BCUT2D eigenvalue weighted by molar-refractivity contribution is -0.214. The molecule has 0 aromatic carbocycles. The molecule has 2 atom stereocenters. The van der Waals surface area contributed by atoms with E-state index < -0.39 is 40.6 Å². The van der Waals surface area contributed by atoms with Gasteiger partial charge in [0.2, 0.25) is 0 Å². The molecule has 0 spiro atoms. The first-order chi connectivity index (χ1) is 13.7. The molecule has 1 saturated carbocycles. The Kier molecular flexibility index (Phi) is 9.07. The number of ether oxygens (including phenoxy) is 4. The maximum absolute atomic E-state index is 13.2. The Bertz CT molecular complexity index is 577. The fourth-order valence-electron chi connectivity index (χ4n) is 4.05. The van der Waals surface area contributed by atoms with Gasteiger partial charge in [0.05, 0.1) is 26.4 Å². The fourth-order valence-corrected chi connectivity index (χ4v) is 4.05. The first-order valence-electron chi connectivity index (χ1n) is 10.0. The van der Waals surface area contributed by atoms with E-state index in [0.29, 0.717) is 0 Å². The summed E-state index contributed by atoms with van der Waals surface area (Å²) in [6.45, 7) is 7.27. The first kappa shape index (κ1) is 24.9. The van der Waals surface area contributed by atoms with Crippen molar-refractivity contribution < 1.29 is 43.2 Å². The van der Waals surface area contributed by atoms with E-state index in [9.17, 15) is 24.3 Å². The highest BCUT2D eigenvalue weighted by Crippen LogP contribution is 2.57. The molecule has 0 unspecified atom stereocenters. The van der Waals surface area contributed by atoms with E-state index in [1.54, 1.807) is 34.6 Å². The number of hydrogen-bond acceptors (Lipinski definition) is 9. The molecule has 1 aliphatic rings. The van der Waals surface area contributed by atoms with Crippen LogP contribution in [0.2, 0.25) is 0 Å². The van der Waals surface area contributed by atoms with E-state index in [1.807, 2.05) is 0 Å². The van der Waals surface area contributed by atoms with Crippen molar-refractivity contribution in [2.75, 3.05) is 33.0 Å². The highest BCUT2D eigenvalue weighted by Gasteiger charge is 2.75. The van der Waals surface area contributed by atoms with Crippen LogP contribution < -0.4 is 0 Å². The number of rotatable bonds is 9. The van der Waals surface area contributed by atoms with Crippen LogP contribution >= 0.6 is 0 Å². The largest absolute Gasteiger partial charge is 0.465 e. The normalized spacial score (nSPS) is 22.3. The minimum absolute atomic E-state index is 0.0699. The molecule has 0 amide bonds. The van der Waals surface area contributed by atoms with Crippen molar-refractivity contribution in [3.8, 4) is 0 Å². The zero-order chi connectivity index (χ0) is 22.2. The van der Waals surface area contributed by atoms with Crippen LogP contribution in [0.5, 0.6) is 0 Å². The summed E-state index contributed by atoms with van der Waals surface area (Å²) >= 11 is 0. The topological polar surface area (TPSA) is 125 Å². The van der Waals surface area contributed by atoms with Crippen molar-refractivity contribution in [3.05, 3.63) is 0 Å². The highest BCUT2D eigenvalue weighted by molar-refractivity contribution is 6.14. The second-order valence-corrected chi connectivity index (χ2v) is 7.02. The van der Waals surface area contributed by atoms with Gasteiger partial charge in [-0.05, 0) is 52.4 Å². The Morgan fingerprint density at radius 3 is 1.31 bits per heavy atom. The van der Waals surface area contributed by atoms with Crippen LogP contribution in [0.15, 0.2) is 0 Å². The van der Waals surface area contributed by atoms with E-state index in [-0.39, 0.29) is 51.8 Å². The standard InChI is InChI=1S/C20H32O9/c1-6-26-15(22)19(16(23)27-7-2)10-13(5)14(12-21)11-20(19,17(24)28-8-3)18(25)29-9-4/h13-14,21H,6-12H2,1-5H3/t13-,14+/m0/s1. The summed E-state index contributed by atoms with van der Waals surface area (Å²) in [7, 11) is 0. The van der Waals surface area contributed by atoms with Gasteiger partial charge in [0.1, 0.15) is 0 Å². The summed E-state index contributed by atoms with van der Waals surface area (Å²) in [5, 5.41) is 9.83. The van der Waals surface area contributed by atoms with Crippen LogP contribution in [-0.2, 0) is 38.1 Å². The van der Waals surface area contributed by atoms with Crippen molar-refractivity contribution in [2.45, 2.75) is 47.5 Å². The number of hydrogen-bond donors (Lipinski definition) is 1. The molecule has 166 valence electrons. The molecule has 0 saturated heterocycles. The predicted molar refractivity (Wildman–Crippen MR) is 100 cm³/mol. The van der Waals surface area contributed by atoms with Gasteiger partial charge in [-0.25, -0.2) is 0 Å². The third-order valence-electron chi connectivity index (χ3n) is 5.46. The lowest BCUT2D eigenvalue weighted by Crippen LogP contribution is -2.66. The Labute approximate surface area is 171 Å². The van der Waals surface area contributed by atoms with E-state index in [4.69, 9.17) is 18.9 Å². The average molecular weight is 416 g/mol. The third kappa shape index (κ3) is 4.24. The van der Waals surface area contributed by atoms with E-state index in [2.05, 4.69) is 0 Å². The lowest BCUT2D eigenvalue weighted by Gasteiger charge is -2.49. The van der Waals surface area contributed by atoms with Gasteiger partial charge in [0.15, 0.2) is 10.8 Å². The third-order valence-corrected chi connectivity index (χ3v) is 5.46. The van der Waals surface area contributed by atoms with Crippen molar-refractivity contribution in [1.29, 1.82) is 0 Å². The van der Waals surface area contributed by atoms with Gasteiger partial charge >= 0.3 is 23.9 Å². The molecule has 0 aliphatic heterocycles. The molecule has 1 fully saturated rings. The van der Waals surface area contributed by atoms with Gasteiger partial charge in [0, 0.05) is 6.61 Å². The predicted octanol–water partition coefficient (Wildman–Crippen LogP) is 1.25. The summed E-state index contributed by atoms with van der Waals surface area (Å²) in [5.41, 5.74) is -4.60. The molecule has 1 aliphatic carbocycles. The van der Waals surface area contributed by atoms with Crippen LogP contribution in [0.1, 0.15) is 47.5 Å². The molecular weight excluding hydrogens is 384 g/mol. The first-order valence-corrected chi connectivity index (χ1v) is 10.0. The van der Waals surface area contributed by atoms with E-state index in [1.165, 1.54) is 0 Å². The van der Waals surface area contributed by atoms with Crippen LogP contribution in [0.25, 0.3) is 0 Å². The summed E-state index contributed by atoms with van der Waals surface area (Å²) in [6, 6.07) is 0. The highest BCUT2D eigenvalue weighted by atomic mass is 16.6. The van der Waals surface area contributed by atoms with Crippen molar-refractivity contribution >= 4 is 23.9 Å². The van der Waals surface area contributed by atoms with E-state index >= 15 is 0 Å². The second kappa shape index (κ2) is 10.6. The maximum Gasteiger partial charge on any atom is 0.325 e. The summed E-state index contributed by atoms with van der Waals surface area (Å²) < 4.78 is 20.6. The zero-order valence-electron chi connectivity index (χ0n) is 17.8. The summed E-state index contributed by atoms with van der Waals surface area (Å²) in [6.07, 6.45) is -0.534. The number of aliphatic hydroxyl groups is 1. The van der Waals surface area contributed by atoms with Crippen molar-refractivity contribution in [1.82, 2.24) is 0 Å². The molecule has 0 aromatic heterocycles. The minimum Gasteiger partial charge on any atom is -0.465 e. The number of carbonyl (C=O) groups excluding carboxylic acids is 4. The van der Waals surface area contributed by atoms with Crippen molar-refractivity contribution in [3.63, 3.8) is 0 Å². The van der Waals surface area contributed by atoms with Gasteiger partial charge in [-0.1, -0.05) is 6.92 Å². The van der Waals surface area contributed by atoms with Gasteiger partial charge in [-0.15, -0.1) is 0 Å². The fraction of sp³-hybridized carbons (Fsp3) is 0.800. The zero-order valence-corrected chi connectivity index (χ0v) is 17.8. The maximum atomic E-state index is 13.2. The number of esters is 4. The SMILES string of the molecule is CCOC(=O)C1(C(=O)OCC)C[C@H](CO)[C@@H](C)CC1(C(=O)OCC)C(=O)OCC. The van der Waals surface area contributed by atoms with Crippen molar-refractivity contribution in [2.24, 2.45) is 22.7 Å². The smallest absolute Gasteiger partial charge is 0.325 e. The summed E-state index contributed by atoms with van der Waals surface area (Å²) in [4.78, 5) is 52.9. The quantitative estimate of drug-likeness (QED) is 0.336. The van der Waals surface area contributed by atoms with Crippen LogP contribution in [-0.4, -0.2) is 62.0 Å². The Morgan fingerprint density at radius 1 is 0.724 bits per heavy atom. The number of carbonyl (C=O) groups is 4. The second-order valence-electron chi connectivity index (χ2n) is 7.02. The molecule has 0 aromatic rings. The van der Waals surface area contributed by atoms with E-state index in [0.717, 1.165) is 0 Å². The van der Waals surface area contributed by atoms with Gasteiger partial charge in [0.25, 0.3) is 0 Å². The lowest BCUT2D eigenvalue weighted by atomic mass is 9.50. The van der Waals surface area contributed by atoms with Crippen LogP contribution in [0.3, 0.4) is 0 Å². The molecule has 29 heavy (non-hydrogen) atoms. The molecule has 9 nitrogen and oxygen atoms in total. The van der Waals surface area contributed by atoms with Crippen LogP contribution in [0, 0.1) is 22.7 Å². The number of aliphatic hydroxyl groups excluding tert-OH is 1. The molecule has 1 N–H and O–H groups in total. The van der Waals surface area contributed by atoms with Crippen LogP contribution in [0.4, 0.5) is 0 Å². The Balaban J connectivity index is 3.89. The van der Waals surface area contributed by atoms with Gasteiger partial charge in [-0.3, -0.25) is 19.2 Å². The van der Waals surface area contributed by atoms with Gasteiger partial charge in [-0.2, -0.15) is 0 Å². The molecule has 0 bridgehead atoms. The molecule has 0 radical (unpaired) electrons. The molecule has 9 heteroatoms.